The zero-order valence-electron chi connectivity index (χ0n) is 17.0. The highest BCUT2D eigenvalue weighted by Crippen LogP contribution is 2.40. The fourth-order valence-electron chi connectivity index (χ4n) is 3.83. The van der Waals surface area contributed by atoms with E-state index in [-0.39, 0.29) is 10.9 Å². The van der Waals surface area contributed by atoms with Gasteiger partial charge in [0.1, 0.15) is 17.1 Å². The molecular weight excluding hydrogens is 386 g/mol. The van der Waals surface area contributed by atoms with Crippen LogP contribution < -0.4 is 14.2 Å². The van der Waals surface area contributed by atoms with E-state index < -0.39 is 15.6 Å². The van der Waals surface area contributed by atoms with Crippen molar-refractivity contribution in [1.29, 1.82) is 0 Å². The third-order valence-electron chi connectivity index (χ3n) is 5.25. The van der Waals surface area contributed by atoms with Crippen LogP contribution in [0.2, 0.25) is 0 Å². The van der Waals surface area contributed by atoms with Crippen LogP contribution in [0.5, 0.6) is 11.5 Å². The van der Waals surface area contributed by atoms with Gasteiger partial charge in [-0.25, -0.2) is 13.1 Å². The van der Waals surface area contributed by atoms with Crippen LogP contribution in [0.4, 0.5) is 0 Å². The number of fused-ring (bicyclic) bond motifs is 2. The number of benzene rings is 3. The summed E-state index contributed by atoms with van der Waals surface area (Å²) in [5, 5.41) is 1.77. The van der Waals surface area contributed by atoms with Crippen LogP contribution in [0.1, 0.15) is 37.4 Å². The van der Waals surface area contributed by atoms with Crippen molar-refractivity contribution in [2.24, 2.45) is 0 Å². The molecule has 0 saturated heterocycles. The first-order valence-electron chi connectivity index (χ1n) is 9.57. The standard InChI is InChI=1S/C23H25NO4S/c1-15-5-10-22-20(11-15)21(14-23(2,3)28-22)24-29(25,26)19-9-7-16-12-18(27-4)8-6-17(16)13-19/h5-13,21,24H,14H2,1-4H3/t21-/m1/s1. The highest BCUT2D eigenvalue weighted by atomic mass is 32.2. The SMILES string of the molecule is COc1ccc2cc(S(=O)(=O)N[C@@H]3CC(C)(C)Oc4ccc(C)cc43)ccc2c1. The molecule has 0 unspecified atom stereocenters. The maximum atomic E-state index is 13.2. The predicted molar refractivity (Wildman–Crippen MR) is 114 cm³/mol. The van der Waals surface area contributed by atoms with Gasteiger partial charge in [0.25, 0.3) is 0 Å². The average Bonchev–Trinajstić information content (AvgIpc) is 2.66. The summed E-state index contributed by atoms with van der Waals surface area (Å²) in [6, 6.07) is 16.2. The molecule has 1 aliphatic heterocycles. The lowest BCUT2D eigenvalue weighted by Crippen LogP contribution is -2.41. The summed E-state index contributed by atoms with van der Waals surface area (Å²) < 4.78 is 40.6. The lowest BCUT2D eigenvalue weighted by Gasteiger charge is -2.38. The Hall–Kier alpha value is -2.57. The third kappa shape index (κ3) is 3.95. The molecule has 0 saturated carbocycles. The van der Waals surface area contributed by atoms with Gasteiger partial charge in [-0.3, -0.25) is 0 Å². The molecule has 0 bridgehead atoms. The molecule has 3 aromatic rings. The molecular formula is C23H25NO4S. The zero-order valence-corrected chi connectivity index (χ0v) is 17.8. The number of ether oxygens (including phenoxy) is 2. The van der Waals surface area contributed by atoms with Crippen molar-refractivity contribution >= 4 is 20.8 Å². The van der Waals surface area contributed by atoms with Crippen LogP contribution in [0, 0.1) is 6.92 Å². The largest absolute Gasteiger partial charge is 0.497 e. The van der Waals surface area contributed by atoms with Crippen molar-refractivity contribution in [2.45, 2.75) is 43.7 Å². The molecule has 0 aromatic heterocycles. The van der Waals surface area contributed by atoms with Crippen molar-refractivity contribution < 1.29 is 17.9 Å². The summed E-state index contributed by atoms with van der Waals surface area (Å²) in [4.78, 5) is 0.244. The van der Waals surface area contributed by atoms with E-state index in [1.165, 1.54) is 0 Å². The normalized spacial score (nSPS) is 18.1. The van der Waals surface area contributed by atoms with E-state index in [2.05, 4.69) is 4.72 Å². The first-order chi connectivity index (χ1) is 13.7. The van der Waals surface area contributed by atoms with E-state index in [0.717, 1.165) is 33.4 Å². The number of aryl methyl sites for hydroxylation is 1. The minimum Gasteiger partial charge on any atom is -0.497 e. The average molecular weight is 412 g/mol. The molecule has 1 N–H and O–H groups in total. The molecule has 3 aromatic carbocycles. The van der Waals surface area contributed by atoms with E-state index in [0.29, 0.717) is 6.42 Å². The van der Waals surface area contributed by atoms with Gasteiger partial charge >= 0.3 is 0 Å². The van der Waals surface area contributed by atoms with Crippen LogP contribution in [-0.4, -0.2) is 21.1 Å². The number of hydrogen-bond donors (Lipinski definition) is 1. The van der Waals surface area contributed by atoms with Gasteiger partial charge in [-0.05, 0) is 61.9 Å². The van der Waals surface area contributed by atoms with Gasteiger partial charge in [0.15, 0.2) is 0 Å². The highest BCUT2D eigenvalue weighted by Gasteiger charge is 2.36. The number of methoxy groups -OCH3 is 1. The maximum Gasteiger partial charge on any atom is 0.241 e. The highest BCUT2D eigenvalue weighted by molar-refractivity contribution is 7.89. The molecule has 0 fully saturated rings. The zero-order chi connectivity index (χ0) is 20.8. The van der Waals surface area contributed by atoms with E-state index in [1.807, 2.05) is 57.2 Å². The Bertz CT molecular complexity index is 1180. The van der Waals surface area contributed by atoms with Crippen molar-refractivity contribution in [2.75, 3.05) is 7.11 Å². The van der Waals surface area contributed by atoms with Gasteiger partial charge in [-0.1, -0.05) is 29.8 Å². The molecule has 4 rings (SSSR count). The summed E-state index contributed by atoms with van der Waals surface area (Å²) in [5.41, 5.74) is 1.48. The predicted octanol–water partition coefficient (Wildman–Crippen LogP) is 4.74. The Morgan fingerprint density at radius 2 is 1.76 bits per heavy atom. The van der Waals surface area contributed by atoms with Gasteiger partial charge in [0.2, 0.25) is 10.0 Å². The summed E-state index contributed by atoms with van der Waals surface area (Å²) in [6.45, 7) is 5.93. The Balaban J connectivity index is 1.70. The Kier molecular flexibility index (Phi) is 4.79. The lowest BCUT2D eigenvalue weighted by atomic mass is 9.89. The minimum atomic E-state index is -3.71. The molecule has 5 nitrogen and oxygen atoms in total. The van der Waals surface area contributed by atoms with Gasteiger partial charge in [-0.2, -0.15) is 0 Å². The molecule has 0 aliphatic carbocycles. The lowest BCUT2D eigenvalue weighted by molar-refractivity contribution is 0.0701. The van der Waals surface area contributed by atoms with Gasteiger partial charge in [0.05, 0.1) is 18.0 Å². The van der Waals surface area contributed by atoms with Crippen molar-refractivity contribution in [3.05, 3.63) is 65.7 Å². The third-order valence-corrected chi connectivity index (χ3v) is 6.72. The number of rotatable bonds is 4. The van der Waals surface area contributed by atoms with Crippen LogP contribution in [0.15, 0.2) is 59.5 Å². The molecule has 1 atom stereocenters. The summed E-state index contributed by atoms with van der Waals surface area (Å²) in [6.07, 6.45) is 0.549. The summed E-state index contributed by atoms with van der Waals surface area (Å²) >= 11 is 0. The molecule has 6 heteroatoms. The molecule has 29 heavy (non-hydrogen) atoms. The first-order valence-corrected chi connectivity index (χ1v) is 11.0. The van der Waals surface area contributed by atoms with Crippen LogP contribution in [-0.2, 0) is 10.0 Å². The van der Waals surface area contributed by atoms with Crippen molar-refractivity contribution in [1.82, 2.24) is 4.72 Å². The van der Waals surface area contributed by atoms with E-state index in [1.54, 1.807) is 25.3 Å². The van der Waals surface area contributed by atoms with Gasteiger partial charge in [0, 0.05) is 12.0 Å². The Labute approximate surface area is 171 Å². The first kappa shape index (κ1) is 19.7. The second kappa shape index (κ2) is 7.04. The molecule has 1 heterocycles. The monoisotopic (exact) mass is 411 g/mol. The van der Waals surface area contributed by atoms with Crippen LogP contribution >= 0.6 is 0 Å². The second-order valence-electron chi connectivity index (χ2n) is 8.16. The molecule has 0 spiro atoms. The van der Waals surface area contributed by atoms with Crippen LogP contribution in [0.25, 0.3) is 10.8 Å². The quantitative estimate of drug-likeness (QED) is 0.674. The summed E-state index contributed by atoms with van der Waals surface area (Å²) in [7, 11) is -2.10. The van der Waals surface area contributed by atoms with E-state index in [9.17, 15) is 8.42 Å². The fraction of sp³-hybridized carbons (Fsp3) is 0.304. The second-order valence-corrected chi connectivity index (χ2v) is 9.87. The fourth-order valence-corrected chi connectivity index (χ4v) is 5.08. The number of sulfonamides is 1. The molecule has 1 aliphatic rings. The van der Waals surface area contributed by atoms with E-state index in [4.69, 9.17) is 9.47 Å². The molecule has 152 valence electrons. The summed E-state index contributed by atoms with van der Waals surface area (Å²) in [5.74, 6) is 1.47. The Morgan fingerprint density at radius 3 is 2.52 bits per heavy atom. The van der Waals surface area contributed by atoms with Crippen molar-refractivity contribution in [3.8, 4) is 11.5 Å². The topological polar surface area (TPSA) is 64.6 Å². The minimum absolute atomic E-state index is 0.244. The van der Waals surface area contributed by atoms with Gasteiger partial charge < -0.3 is 9.47 Å². The van der Waals surface area contributed by atoms with E-state index >= 15 is 0 Å². The molecule has 0 amide bonds. The molecule has 0 radical (unpaired) electrons. The Morgan fingerprint density at radius 1 is 1.03 bits per heavy atom. The maximum absolute atomic E-state index is 13.2. The number of hydrogen-bond acceptors (Lipinski definition) is 4. The van der Waals surface area contributed by atoms with Crippen molar-refractivity contribution in [3.63, 3.8) is 0 Å². The smallest absolute Gasteiger partial charge is 0.241 e. The number of nitrogens with one attached hydrogen (secondary N) is 1. The van der Waals surface area contributed by atoms with Crippen LogP contribution in [0.3, 0.4) is 0 Å². The van der Waals surface area contributed by atoms with Gasteiger partial charge in [-0.15, -0.1) is 0 Å².